The molecule has 5 nitrogen and oxygen atoms in total. The van der Waals surface area contributed by atoms with Crippen LogP contribution in [0.2, 0.25) is 0 Å². The van der Waals surface area contributed by atoms with Gasteiger partial charge in [0.1, 0.15) is 0 Å². The van der Waals surface area contributed by atoms with E-state index in [1.807, 2.05) is 31.2 Å². The smallest absolute Gasteiger partial charge is 0.319 e. The number of hydrogen-bond acceptors (Lipinski definition) is 3. The lowest BCUT2D eigenvalue weighted by molar-refractivity contribution is 0.163. The number of rotatable bonds is 9. The molecule has 0 saturated carbocycles. The zero-order valence-electron chi connectivity index (χ0n) is 15.7. The fourth-order valence-electron chi connectivity index (χ4n) is 3.33. The maximum Gasteiger partial charge on any atom is 0.319 e. The summed E-state index contributed by atoms with van der Waals surface area (Å²) in [7, 11) is 1.76. The lowest BCUT2D eigenvalue weighted by atomic mass is 9.98. The second kappa shape index (κ2) is 11.1. The van der Waals surface area contributed by atoms with Gasteiger partial charge < -0.3 is 20.3 Å². The highest BCUT2D eigenvalue weighted by atomic mass is 16.5. The molecule has 1 aromatic carbocycles. The Hall–Kier alpha value is -1.59. The average Bonchev–Trinajstić information content (AvgIpc) is 2.62. The largest absolute Gasteiger partial charge is 0.385 e. The van der Waals surface area contributed by atoms with Gasteiger partial charge in [0.15, 0.2) is 0 Å². The Morgan fingerprint density at radius 2 is 2.04 bits per heavy atom. The van der Waals surface area contributed by atoms with Crippen molar-refractivity contribution in [3.05, 3.63) is 29.8 Å². The third-order valence-corrected chi connectivity index (χ3v) is 4.79. The van der Waals surface area contributed by atoms with E-state index in [0.29, 0.717) is 5.92 Å². The van der Waals surface area contributed by atoms with E-state index >= 15 is 0 Å². The van der Waals surface area contributed by atoms with Gasteiger partial charge in [-0.1, -0.05) is 17.7 Å². The van der Waals surface area contributed by atoms with Gasteiger partial charge in [0, 0.05) is 32.5 Å². The summed E-state index contributed by atoms with van der Waals surface area (Å²) in [5.41, 5.74) is 2.03. The van der Waals surface area contributed by atoms with Crippen molar-refractivity contribution in [1.82, 2.24) is 10.2 Å². The number of likely N-dealkylation sites (tertiary alicyclic amines) is 1. The number of aryl methyl sites for hydroxylation is 1. The molecular formula is C20H33N3O2. The molecule has 2 rings (SSSR count). The molecular weight excluding hydrogens is 314 g/mol. The van der Waals surface area contributed by atoms with Crippen molar-refractivity contribution in [2.75, 3.05) is 45.2 Å². The van der Waals surface area contributed by atoms with Gasteiger partial charge in [0.2, 0.25) is 0 Å². The van der Waals surface area contributed by atoms with Crippen molar-refractivity contribution >= 4 is 11.7 Å². The van der Waals surface area contributed by atoms with Crippen molar-refractivity contribution in [1.29, 1.82) is 0 Å². The van der Waals surface area contributed by atoms with E-state index in [1.54, 1.807) is 7.11 Å². The Morgan fingerprint density at radius 3 is 2.80 bits per heavy atom. The zero-order chi connectivity index (χ0) is 17.9. The molecule has 1 aliphatic heterocycles. The van der Waals surface area contributed by atoms with E-state index in [9.17, 15) is 4.79 Å². The lowest BCUT2D eigenvalue weighted by Gasteiger charge is -2.32. The van der Waals surface area contributed by atoms with Crippen LogP contribution in [0, 0.1) is 12.8 Å². The van der Waals surface area contributed by atoms with E-state index in [2.05, 4.69) is 15.5 Å². The van der Waals surface area contributed by atoms with Gasteiger partial charge in [-0.25, -0.2) is 4.79 Å². The molecule has 25 heavy (non-hydrogen) atoms. The van der Waals surface area contributed by atoms with Crippen molar-refractivity contribution in [2.45, 2.75) is 39.0 Å². The van der Waals surface area contributed by atoms with E-state index in [1.165, 1.54) is 37.8 Å². The van der Waals surface area contributed by atoms with Gasteiger partial charge in [-0.05, 0) is 70.2 Å². The lowest BCUT2D eigenvalue weighted by Crippen LogP contribution is -2.42. The van der Waals surface area contributed by atoms with Gasteiger partial charge in [-0.2, -0.15) is 0 Å². The highest BCUT2D eigenvalue weighted by molar-refractivity contribution is 5.89. The standard InChI is InChI=1S/C20H33N3O2/c1-17-8-10-19(11-9-17)22-20(24)21-15-18-7-6-13-23(16-18)12-4-3-5-14-25-2/h8-11,18H,3-7,12-16H2,1-2H3,(H2,21,22,24). The minimum atomic E-state index is -0.111. The summed E-state index contributed by atoms with van der Waals surface area (Å²) in [5, 5.41) is 5.93. The molecule has 0 aliphatic carbocycles. The van der Waals surface area contributed by atoms with Crippen LogP contribution < -0.4 is 10.6 Å². The Kier molecular flexibility index (Phi) is 8.77. The molecule has 1 aliphatic rings. The quantitative estimate of drug-likeness (QED) is 0.671. The molecule has 140 valence electrons. The maximum atomic E-state index is 12.0. The summed E-state index contributed by atoms with van der Waals surface area (Å²) in [4.78, 5) is 14.6. The molecule has 1 saturated heterocycles. The van der Waals surface area contributed by atoms with Gasteiger partial charge in [-0.15, -0.1) is 0 Å². The normalized spacial score (nSPS) is 18.1. The second-order valence-corrected chi connectivity index (χ2v) is 7.06. The number of anilines is 1. The number of benzene rings is 1. The molecule has 0 radical (unpaired) electrons. The summed E-state index contributed by atoms with van der Waals surface area (Å²) in [6, 6.07) is 7.75. The number of ether oxygens (including phenoxy) is 1. The third kappa shape index (κ3) is 7.88. The molecule has 1 fully saturated rings. The minimum absolute atomic E-state index is 0.111. The van der Waals surface area contributed by atoms with Crippen LogP contribution in [0.3, 0.4) is 0 Å². The maximum absolute atomic E-state index is 12.0. The van der Waals surface area contributed by atoms with E-state index in [-0.39, 0.29) is 6.03 Å². The van der Waals surface area contributed by atoms with Crippen LogP contribution in [0.25, 0.3) is 0 Å². The first-order chi connectivity index (χ1) is 12.2. The van der Waals surface area contributed by atoms with Crippen molar-refractivity contribution < 1.29 is 9.53 Å². The Bertz CT molecular complexity index is 504. The number of carbonyl (C=O) groups is 1. The molecule has 0 bridgehead atoms. The van der Waals surface area contributed by atoms with Gasteiger partial charge in [0.25, 0.3) is 0 Å². The first-order valence-electron chi connectivity index (χ1n) is 9.50. The summed E-state index contributed by atoms with van der Waals surface area (Å²) < 4.78 is 5.09. The van der Waals surface area contributed by atoms with Crippen LogP contribution in [-0.2, 0) is 4.74 Å². The summed E-state index contributed by atoms with van der Waals surface area (Å²) in [5.74, 6) is 0.552. The number of unbranched alkanes of at least 4 members (excludes halogenated alkanes) is 2. The molecule has 1 atom stereocenters. The van der Waals surface area contributed by atoms with Crippen LogP contribution in [0.5, 0.6) is 0 Å². The minimum Gasteiger partial charge on any atom is -0.385 e. The SMILES string of the molecule is COCCCCCN1CCCC(CNC(=O)Nc2ccc(C)cc2)C1. The first-order valence-corrected chi connectivity index (χ1v) is 9.50. The number of carbonyl (C=O) groups excluding carboxylic acids is 1. The third-order valence-electron chi connectivity index (χ3n) is 4.79. The fourth-order valence-corrected chi connectivity index (χ4v) is 3.33. The van der Waals surface area contributed by atoms with E-state index < -0.39 is 0 Å². The summed E-state index contributed by atoms with van der Waals surface area (Å²) >= 11 is 0. The topological polar surface area (TPSA) is 53.6 Å². The average molecular weight is 348 g/mol. The van der Waals surface area contributed by atoms with Crippen molar-refractivity contribution in [3.8, 4) is 0 Å². The molecule has 2 amide bonds. The second-order valence-electron chi connectivity index (χ2n) is 7.06. The van der Waals surface area contributed by atoms with Gasteiger partial charge >= 0.3 is 6.03 Å². The summed E-state index contributed by atoms with van der Waals surface area (Å²) in [6.45, 7) is 7.10. The molecule has 1 heterocycles. The van der Waals surface area contributed by atoms with E-state index in [0.717, 1.165) is 38.3 Å². The monoisotopic (exact) mass is 347 g/mol. The Labute approximate surface area is 152 Å². The number of methoxy groups -OCH3 is 1. The number of piperidine rings is 1. The number of nitrogens with zero attached hydrogens (tertiary/aromatic N) is 1. The van der Waals surface area contributed by atoms with E-state index in [4.69, 9.17) is 4.74 Å². The predicted molar refractivity (Wildman–Crippen MR) is 103 cm³/mol. The van der Waals surface area contributed by atoms with Crippen molar-refractivity contribution in [3.63, 3.8) is 0 Å². The highest BCUT2D eigenvalue weighted by Crippen LogP contribution is 2.16. The van der Waals surface area contributed by atoms with Crippen molar-refractivity contribution in [2.24, 2.45) is 5.92 Å². The Balaban J connectivity index is 1.62. The molecule has 1 unspecified atom stereocenters. The van der Waals surface area contributed by atoms with Gasteiger partial charge in [0.05, 0.1) is 0 Å². The number of nitrogens with one attached hydrogen (secondary N) is 2. The van der Waals surface area contributed by atoms with Gasteiger partial charge in [-0.3, -0.25) is 0 Å². The number of amides is 2. The Morgan fingerprint density at radius 1 is 1.24 bits per heavy atom. The molecule has 0 spiro atoms. The van der Waals surface area contributed by atoms with Crippen LogP contribution in [0.1, 0.15) is 37.7 Å². The number of hydrogen-bond donors (Lipinski definition) is 2. The van der Waals surface area contributed by atoms with Crippen LogP contribution >= 0.6 is 0 Å². The highest BCUT2D eigenvalue weighted by Gasteiger charge is 2.19. The zero-order valence-corrected chi connectivity index (χ0v) is 15.7. The molecule has 0 aromatic heterocycles. The van der Waals surface area contributed by atoms with Crippen LogP contribution in [0.4, 0.5) is 10.5 Å². The van der Waals surface area contributed by atoms with Crippen LogP contribution in [0.15, 0.2) is 24.3 Å². The number of urea groups is 1. The summed E-state index contributed by atoms with van der Waals surface area (Å²) in [6.07, 6.45) is 6.03. The fraction of sp³-hybridized carbons (Fsp3) is 0.650. The van der Waals surface area contributed by atoms with Crippen LogP contribution in [-0.4, -0.2) is 50.8 Å². The predicted octanol–water partition coefficient (Wildman–Crippen LogP) is 3.65. The molecule has 2 N–H and O–H groups in total. The first kappa shape index (κ1) is 19.7. The molecule has 1 aromatic rings. The molecule has 5 heteroatoms.